The number of fused-ring (bicyclic) bond motifs is 1. The second-order valence-corrected chi connectivity index (χ2v) is 5.52. The number of para-hydroxylation sites is 1. The van der Waals surface area contributed by atoms with E-state index < -0.39 is 0 Å². The van der Waals surface area contributed by atoms with Gasteiger partial charge in [0, 0.05) is 28.7 Å². The van der Waals surface area contributed by atoms with E-state index in [1.165, 1.54) is 0 Å². The van der Waals surface area contributed by atoms with E-state index in [0.29, 0.717) is 5.76 Å². The van der Waals surface area contributed by atoms with E-state index in [1.54, 1.807) is 25.3 Å². The number of furan rings is 1. The molecule has 0 aliphatic heterocycles. The van der Waals surface area contributed by atoms with Gasteiger partial charge in [-0.25, -0.2) is 5.43 Å². The second-order valence-electron chi connectivity index (χ2n) is 5.52. The van der Waals surface area contributed by atoms with Crippen LogP contribution in [0, 0.1) is 13.8 Å². The Balaban J connectivity index is 1.88. The van der Waals surface area contributed by atoms with Gasteiger partial charge in [0.05, 0.1) is 6.21 Å². The van der Waals surface area contributed by atoms with Crippen molar-refractivity contribution in [3.05, 3.63) is 71.8 Å². The molecule has 3 aromatic rings. The van der Waals surface area contributed by atoms with Crippen LogP contribution in [0.1, 0.15) is 27.6 Å². The number of carbonyl (C=O) groups excluding carboxylic acids is 1. The Bertz CT molecular complexity index is 931. The Hall–Kier alpha value is -3.08. The van der Waals surface area contributed by atoms with E-state index in [4.69, 9.17) is 4.42 Å². The molecule has 0 atom stereocenters. The van der Waals surface area contributed by atoms with Crippen molar-refractivity contribution in [3.8, 4) is 0 Å². The van der Waals surface area contributed by atoms with Crippen molar-refractivity contribution in [1.82, 2.24) is 9.99 Å². The van der Waals surface area contributed by atoms with Gasteiger partial charge in [0.1, 0.15) is 5.76 Å². The molecule has 0 aliphatic carbocycles. The smallest absolute Gasteiger partial charge is 0.307 e. The lowest BCUT2D eigenvalue weighted by atomic mass is 10.1. The summed E-state index contributed by atoms with van der Waals surface area (Å²) < 4.78 is 7.45. The van der Waals surface area contributed by atoms with Crippen LogP contribution in [0.25, 0.3) is 10.9 Å². The maximum atomic E-state index is 12.0. The molecule has 0 saturated carbocycles. The minimum atomic E-state index is -0.369. The van der Waals surface area contributed by atoms with Gasteiger partial charge in [-0.1, -0.05) is 24.3 Å². The summed E-state index contributed by atoms with van der Waals surface area (Å²) in [6, 6.07) is 11.5. The predicted octanol–water partition coefficient (Wildman–Crippen LogP) is 3.80. The van der Waals surface area contributed by atoms with Gasteiger partial charge < -0.3 is 8.98 Å². The molecule has 2 aromatic heterocycles. The Morgan fingerprint density at radius 2 is 2.08 bits per heavy atom. The zero-order chi connectivity index (χ0) is 17.1. The van der Waals surface area contributed by atoms with Gasteiger partial charge in [0.15, 0.2) is 5.76 Å². The average Bonchev–Trinajstić information content (AvgIpc) is 3.12. The number of rotatable bonds is 5. The van der Waals surface area contributed by atoms with Gasteiger partial charge in [-0.2, -0.15) is 5.10 Å². The third-order valence-electron chi connectivity index (χ3n) is 3.92. The highest BCUT2D eigenvalue weighted by atomic mass is 16.3. The number of allylic oxidation sites excluding steroid dienone is 1. The van der Waals surface area contributed by atoms with E-state index in [0.717, 1.165) is 28.7 Å². The van der Waals surface area contributed by atoms with Crippen LogP contribution >= 0.6 is 0 Å². The van der Waals surface area contributed by atoms with Crippen molar-refractivity contribution in [2.75, 3.05) is 0 Å². The number of carbonyl (C=O) groups is 1. The van der Waals surface area contributed by atoms with E-state index >= 15 is 0 Å². The van der Waals surface area contributed by atoms with Crippen LogP contribution in [0.4, 0.5) is 0 Å². The first-order valence-corrected chi connectivity index (χ1v) is 7.70. The fourth-order valence-corrected chi connectivity index (χ4v) is 2.75. The molecule has 0 bridgehead atoms. The van der Waals surface area contributed by atoms with Crippen LogP contribution in [0.2, 0.25) is 0 Å². The number of hydrogen-bond donors (Lipinski definition) is 1. The number of nitrogens with one attached hydrogen (secondary N) is 1. The number of benzene rings is 1. The Kier molecular flexibility index (Phi) is 4.33. The van der Waals surface area contributed by atoms with Crippen molar-refractivity contribution in [3.63, 3.8) is 0 Å². The third-order valence-corrected chi connectivity index (χ3v) is 3.92. The normalized spacial score (nSPS) is 11.2. The van der Waals surface area contributed by atoms with Gasteiger partial charge in [-0.3, -0.25) is 4.79 Å². The summed E-state index contributed by atoms with van der Waals surface area (Å²) in [5.41, 5.74) is 5.66. The number of aromatic nitrogens is 1. The summed E-state index contributed by atoms with van der Waals surface area (Å²) in [4.78, 5) is 12.0. The maximum absolute atomic E-state index is 12.0. The van der Waals surface area contributed by atoms with E-state index in [2.05, 4.69) is 27.7 Å². The molecule has 0 aliphatic rings. The Morgan fingerprint density at radius 3 is 2.79 bits per heavy atom. The molecule has 0 radical (unpaired) electrons. The monoisotopic (exact) mass is 321 g/mol. The zero-order valence-electron chi connectivity index (χ0n) is 13.7. The molecular weight excluding hydrogens is 302 g/mol. The summed E-state index contributed by atoms with van der Waals surface area (Å²) in [6.07, 6.45) is 3.53. The molecule has 0 spiro atoms. The lowest BCUT2D eigenvalue weighted by Crippen LogP contribution is -2.16. The van der Waals surface area contributed by atoms with Crippen LogP contribution in [-0.2, 0) is 6.54 Å². The molecule has 2 heterocycles. The minimum absolute atomic E-state index is 0.246. The van der Waals surface area contributed by atoms with Gasteiger partial charge in [-0.15, -0.1) is 6.58 Å². The minimum Gasteiger partial charge on any atom is -0.456 e. The van der Waals surface area contributed by atoms with Crippen molar-refractivity contribution in [2.45, 2.75) is 20.4 Å². The molecule has 24 heavy (non-hydrogen) atoms. The molecule has 1 amide bonds. The third kappa shape index (κ3) is 2.88. The first-order chi connectivity index (χ1) is 11.6. The highest BCUT2D eigenvalue weighted by molar-refractivity contribution is 6.01. The van der Waals surface area contributed by atoms with Crippen LogP contribution in [-0.4, -0.2) is 16.7 Å². The molecule has 0 saturated heterocycles. The SMILES string of the molecule is C=CCn1c(C)c(/C=N\NC(=O)c2ccc(C)o2)c2ccccc21. The molecule has 0 fully saturated rings. The van der Waals surface area contributed by atoms with Gasteiger partial charge >= 0.3 is 5.91 Å². The Morgan fingerprint density at radius 1 is 1.29 bits per heavy atom. The number of nitrogens with zero attached hydrogens (tertiary/aromatic N) is 2. The van der Waals surface area contributed by atoms with Gasteiger partial charge in [-0.05, 0) is 32.0 Å². The number of amides is 1. The zero-order valence-corrected chi connectivity index (χ0v) is 13.7. The fourth-order valence-electron chi connectivity index (χ4n) is 2.75. The summed E-state index contributed by atoms with van der Waals surface area (Å²) in [5, 5.41) is 5.17. The summed E-state index contributed by atoms with van der Waals surface area (Å²) in [6.45, 7) is 8.35. The summed E-state index contributed by atoms with van der Waals surface area (Å²) in [7, 11) is 0. The second kappa shape index (κ2) is 6.58. The standard InChI is InChI=1S/C19H19N3O2/c1-4-11-22-14(3)16(15-7-5-6-8-17(15)22)12-20-21-19(23)18-10-9-13(2)24-18/h4-10,12H,1,11H2,2-3H3,(H,21,23)/b20-12-. The fraction of sp³-hybridized carbons (Fsp3) is 0.158. The summed E-state index contributed by atoms with van der Waals surface area (Å²) >= 11 is 0. The van der Waals surface area contributed by atoms with Crippen molar-refractivity contribution in [2.24, 2.45) is 5.10 Å². The van der Waals surface area contributed by atoms with Crippen molar-refractivity contribution < 1.29 is 9.21 Å². The van der Waals surface area contributed by atoms with E-state index in [1.807, 2.05) is 31.2 Å². The van der Waals surface area contributed by atoms with Gasteiger partial charge in [0.25, 0.3) is 0 Å². The Labute approximate surface area is 140 Å². The van der Waals surface area contributed by atoms with Crippen LogP contribution < -0.4 is 5.43 Å². The predicted molar refractivity (Wildman–Crippen MR) is 95.4 cm³/mol. The van der Waals surface area contributed by atoms with E-state index in [-0.39, 0.29) is 11.7 Å². The van der Waals surface area contributed by atoms with Crippen molar-refractivity contribution in [1.29, 1.82) is 0 Å². The molecule has 5 heteroatoms. The van der Waals surface area contributed by atoms with E-state index in [9.17, 15) is 4.79 Å². The number of hydrazone groups is 1. The lowest BCUT2D eigenvalue weighted by Gasteiger charge is -2.03. The van der Waals surface area contributed by atoms with Gasteiger partial charge in [0.2, 0.25) is 0 Å². The lowest BCUT2D eigenvalue weighted by molar-refractivity contribution is 0.0926. The molecule has 1 aromatic carbocycles. The first-order valence-electron chi connectivity index (χ1n) is 7.70. The van der Waals surface area contributed by atoms with Crippen LogP contribution in [0.15, 0.2) is 58.6 Å². The highest BCUT2D eigenvalue weighted by Crippen LogP contribution is 2.24. The molecule has 5 nitrogen and oxygen atoms in total. The molecule has 1 N–H and O–H groups in total. The topological polar surface area (TPSA) is 59.5 Å². The maximum Gasteiger partial charge on any atom is 0.307 e. The average molecular weight is 321 g/mol. The molecular formula is C19H19N3O2. The largest absolute Gasteiger partial charge is 0.456 e. The van der Waals surface area contributed by atoms with Crippen LogP contribution in [0.5, 0.6) is 0 Å². The number of hydrogen-bond acceptors (Lipinski definition) is 3. The first kappa shape index (κ1) is 15.8. The number of aryl methyl sites for hydroxylation is 1. The summed E-state index contributed by atoms with van der Waals surface area (Å²) in [5.74, 6) is 0.565. The van der Waals surface area contributed by atoms with Crippen molar-refractivity contribution >= 4 is 23.0 Å². The highest BCUT2D eigenvalue weighted by Gasteiger charge is 2.12. The molecule has 3 rings (SSSR count). The quantitative estimate of drug-likeness (QED) is 0.441. The molecule has 0 unspecified atom stereocenters. The molecule has 122 valence electrons. The van der Waals surface area contributed by atoms with Crippen LogP contribution in [0.3, 0.4) is 0 Å².